The fraction of sp³-hybridized carbons (Fsp3) is 0.133. The molecule has 21 heavy (non-hydrogen) atoms. The lowest BCUT2D eigenvalue weighted by atomic mass is 10.1. The Labute approximate surface area is 127 Å². The van der Waals surface area contributed by atoms with E-state index in [0.717, 1.165) is 5.56 Å². The molecule has 0 fully saturated rings. The highest BCUT2D eigenvalue weighted by Gasteiger charge is 2.12. The van der Waals surface area contributed by atoms with Crippen LogP contribution in [-0.2, 0) is 6.54 Å². The Bertz CT molecular complexity index is 674. The van der Waals surface area contributed by atoms with Crippen LogP contribution in [0.1, 0.15) is 15.9 Å². The minimum atomic E-state index is -0.389. The van der Waals surface area contributed by atoms with Crippen LogP contribution in [0.3, 0.4) is 0 Å². The van der Waals surface area contributed by atoms with Gasteiger partial charge in [-0.15, -0.1) is 0 Å². The molecular weight excluding hydrogens is 292 g/mol. The molecule has 2 rings (SSSR count). The van der Waals surface area contributed by atoms with E-state index >= 15 is 0 Å². The number of phenolic OH excluding ortho intramolecular Hbond substituents is 1. The second-order valence-electron chi connectivity index (χ2n) is 4.42. The first-order chi connectivity index (χ1) is 10.0. The molecule has 0 aliphatic rings. The highest BCUT2D eigenvalue weighted by molar-refractivity contribution is 6.33. The largest absolute Gasteiger partial charge is 0.508 e. The van der Waals surface area contributed by atoms with Crippen molar-refractivity contribution in [3.8, 4) is 11.5 Å². The summed E-state index contributed by atoms with van der Waals surface area (Å²) in [7, 11) is 1.54. The molecule has 0 saturated carbocycles. The van der Waals surface area contributed by atoms with Crippen LogP contribution in [0.25, 0.3) is 0 Å². The summed E-state index contributed by atoms with van der Waals surface area (Å²) in [6.07, 6.45) is 0. The van der Waals surface area contributed by atoms with Crippen molar-refractivity contribution in [1.82, 2.24) is 5.32 Å². The molecule has 0 atom stereocenters. The molecule has 110 valence electrons. The number of benzene rings is 2. The van der Waals surface area contributed by atoms with E-state index in [2.05, 4.69) is 5.32 Å². The average molecular weight is 307 g/mol. The van der Waals surface area contributed by atoms with Gasteiger partial charge < -0.3 is 20.9 Å². The predicted molar refractivity (Wildman–Crippen MR) is 81.7 cm³/mol. The third-order valence-electron chi connectivity index (χ3n) is 2.94. The van der Waals surface area contributed by atoms with E-state index < -0.39 is 0 Å². The first-order valence-corrected chi connectivity index (χ1v) is 6.58. The number of methoxy groups -OCH3 is 1. The number of rotatable bonds is 4. The number of halogens is 1. The molecule has 4 N–H and O–H groups in total. The molecule has 0 aromatic heterocycles. The number of hydrogen-bond acceptors (Lipinski definition) is 4. The molecule has 0 radical (unpaired) electrons. The van der Waals surface area contributed by atoms with Gasteiger partial charge in [0.2, 0.25) is 0 Å². The summed E-state index contributed by atoms with van der Waals surface area (Å²) >= 11 is 5.94. The maximum absolute atomic E-state index is 12.1. The molecule has 0 bridgehead atoms. The lowest BCUT2D eigenvalue weighted by molar-refractivity contribution is 0.0950. The summed E-state index contributed by atoms with van der Waals surface area (Å²) in [5.41, 5.74) is 7.26. The number of phenols is 1. The van der Waals surface area contributed by atoms with Crippen LogP contribution in [0, 0.1) is 0 Å². The average Bonchev–Trinajstić information content (AvgIpc) is 2.47. The van der Waals surface area contributed by atoms with Gasteiger partial charge in [0, 0.05) is 17.8 Å². The predicted octanol–water partition coefficient (Wildman–Crippen LogP) is 2.57. The molecule has 0 saturated heterocycles. The zero-order chi connectivity index (χ0) is 15.4. The van der Waals surface area contributed by atoms with Gasteiger partial charge in [-0.2, -0.15) is 0 Å². The van der Waals surface area contributed by atoms with Crippen molar-refractivity contribution in [3.05, 3.63) is 52.5 Å². The van der Waals surface area contributed by atoms with Crippen LogP contribution in [0.5, 0.6) is 11.5 Å². The number of hydrogen-bond donors (Lipinski definition) is 3. The Hall–Kier alpha value is -2.40. The standard InChI is InChI=1S/C15H15ClN2O3/c1-21-14-5-2-10(17)6-9(14)8-18-15(20)12-7-11(19)3-4-13(12)16/h2-7,19H,8,17H2,1H3,(H,18,20). The number of carbonyl (C=O) groups is 1. The quantitative estimate of drug-likeness (QED) is 0.758. The topological polar surface area (TPSA) is 84.6 Å². The summed E-state index contributed by atoms with van der Waals surface area (Å²) in [5, 5.41) is 12.4. The van der Waals surface area contributed by atoms with Gasteiger partial charge in [0.15, 0.2) is 0 Å². The molecule has 6 heteroatoms. The number of nitrogens with two attached hydrogens (primary N) is 1. The normalized spacial score (nSPS) is 10.2. The van der Waals surface area contributed by atoms with Crippen LogP contribution in [0.15, 0.2) is 36.4 Å². The van der Waals surface area contributed by atoms with Crippen molar-refractivity contribution in [1.29, 1.82) is 0 Å². The number of nitrogen functional groups attached to an aromatic ring is 1. The number of aromatic hydroxyl groups is 1. The third kappa shape index (κ3) is 3.58. The number of ether oxygens (including phenoxy) is 1. The fourth-order valence-electron chi connectivity index (χ4n) is 1.89. The second-order valence-corrected chi connectivity index (χ2v) is 4.83. The van der Waals surface area contributed by atoms with Crippen molar-refractivity contribution < 1.29 is 14.6 Å². The van der Waals surface area contributed by atoms with Gasteiger partial charge in [0.25, 0.3) is 5.91 Å². The van der Waals surface area contributed by atoms with Crippen LogP contribution < -0.4 is 15.8 Å². The smallest absolute Gasteiger partial charge is 0.253 e. The van der Waals surface area contributed by atoms with Gasteiger partial charge >= 0.3 is 0 Å². The second kappa shape index (κ2) is 6.37. The number of anilines is 1. The lowest BCUT2D eigenvalue weighted by Gasteiger charge is -2.11. The van der Waals surface area contributed by atoms with Crippen LogP contribution in [0.4, 0.5) is 5.69 Å². The van der Waals surface area contributed by atoms with E-state index in [1.165, 1.54) is 18.2 Å². The molecule has 1 amide bonds. The molecule has 5 nitrogen and oxygen atoms in total. The molecule has 2 aromatic carbocycles. The van der Waals surface area contributed by atoms with Gasteiger partial charge in [-0.1, -0.05) is 11.6 Å². The summed E-state index contributed by atoms with van der Waals surface area (Å²) in [6.45, 7) is 0.235. The van der Waals surface area contributed by atoms with E-state index in [1.807, 2.05) is 0 Å². The summed E-state index contributed by atoms with van der Waals surface area (Å²) in [4.78, 5) is 12.1. The maximum Gasteiger partial charge on any atom is 0.253 e. The monoisotopic (exact) mass is 306 g/mol. The fourth-order valence-corrected chi connectivity index (χ4v) is 2.10. The van der Waals surface area contributed by atoms with Crippen molar-refractivity contribution >= 4 is 23.2 Å². The number of carbonyl (C=O) groups excluding carboxylic acids is 1. The summed E-state index contributed by atoms with van der Waals surface area (Å²) < 4.78 is 5.21. The molecular formula is C15H15ClN2O3. The molecule has 2 aromatic rings. The van der Waals surface area contributed by atoms with Crippen LogP contribution >= 0.6 is 11.6 Å². The van der Waals surface area contributed by atoms with E-state index in [-0.39, 0.29) is 28.8 Å². The number of nitrogens with one attached hydrogen (secondary N) is 1. The zero-order valence-electron chi connectivity index (χ0n) is 11.4. The minimum absolute atomic E-state index is 0.0221. The summed E-state index contributed by atoms with van der Waals surface area (Å²) in [6, 6.07) is 9.37. The Balaban J connectivity index is 2.14. The van der Waals surface area contributed by atoms with Crippen LogP contribution in [0.2, 0.25) is 5.02 Å². The molecule has 0 aliphatic heterocycles. The first-order valence-electron chi connectivity index (χ1n) is 6.20. The molecule has 0 spiro atoms. The Kier molecular flexibility index (Phi) is 4.55. The Morgan fingerprint density at radius 3 is 2.81 bits per heavy atom. The van der Waals surface area contributed by atoms with E-state index in [4.69, 9.17) is 22.1 Å². The van der Waals surface area contributed by atoms with Gasteiger partial charge in [0.05, 0.1) is 17.7 Å². The highest BCUT2D eigenvalue weighted by atomic mass is 35.5. The minimum Gasteiger partial charge on any atom is -0.508 e. The van der Waals surface area contributed by atoms with E-state index in [1.54, 1.807) is 25.3 Å². The van der Waals surface area contributed by atoms with Crippen LogP contribution in [-0.4, -0.2) is 18.1 Å². The lowest BCUT2D eigenvalue weighted by Crippen LogP contribution is -2.23. The van der Waals surface area contributed by atoms with Crippen molar-refractivity contribution in [3.63, 3.8) is 0 Å². The van der Waals surface area contributed by atoms with Crippen molar-refractivity contribution in [2.75, 3.05) is 12.8 Å². The maximum atomic E-state index is 12.1. The molecule has 0 heterocycles. The molecule has 0 aliphatic carbocycles. The first kappa shape index (κ1) is 15.0. The number of amides is 1. The van der Waals surface area contributed by atoms with Gasteiger partial charge in [-0.25, -0.2) is 0 Å². The van der Waals surface area contributed by atoms with Crippen molar-refractivity contribution in [2.45, 2.75) is 6.54 Å². The van der Waals surface area contributed by atoms with E-state index in [9.17, 15) is 9.90 Å². The Morgan fingerprint density at radius 2 is 2.10 bits per heavy atom. The van der Waals surface area contributed by atoms with Gasteiger partial charge in [-0.05, 0) is 36.4 Å². The van der Waals surface area contributed by atoms with Gasteiger partial charge in [0.1, 0.15) is 11.5 Å². The molecule has 0 unspecified atom stereocenters. The third-order valence-corrected chi connectivity index (χ3v) is 3.27. The highest BCUT2D eigenvalue weighted by Crippen LogP contribution is 2.23. The zero-order valence-corrected chi connectivity index (χ0v) is 12.1. The SMILES string of the molecule is COc1ccc(N)cc1CNC(=O)c1cc(O)ccc1Cl. The Morgan fingerprint density at radius 1 is 1.33 bits per heavy atom. The van der Waals surface area contributed by atoms with E-state index in [0.29, 0.717) is 11.4 Å². The summed E-state index contributed by atoms with van der Waals surface area (Å²) in [5.74, 6) is 0.220. The van der Waals surface area contributed by atoms with Gasteiger partial charge in [-0.3, -0.25) is 4.79 Å². The van der Waals surface area contributed by atoms with Crippen molar-refractivity contribution in [2.24, 2.45) is 0 Å².